The summed E-state index contributed by atoms with van der Waals surface area (Å²) in [7, 11) is 1.17. The van der Waals surface area contributed by atoms with E-state index in [0.717, 1.165) is 18.2 Å². The van der Waals surface area contributed by atoms with Crippen LogP contribution < -0.4 is 10.5 Å². The molecule has 3 N–H and O–H groups in total. The first-order valence-corrected chi connectivity index (χ1v) is 4.61. The maximum Gasteiger partial charge on any atom is 0.416 e. The van der Waals surface area contributed by atoms with Crippen LogP contribution in [-0.4, -0.2) is 24.5 Å². The average Bonchev–Trinajstić information content (AvgIpc) is 2.25. The third-order valence-corrected chi connectivity index (χ3v) is 2.23. The fourth-order valence-corrected chi connectivity index (χ4v) is 1.33. The summed E-state index contributed by atoms with van der Waals surface area (Å²) < 4.78 is 54.3. The number of hydrogen-bond donors (Lipinski definition) is 2. The summed E-state index contributed by atoms with van der Waals surface area (Å²) in [4.78, 5) is 0. The first-order chi connectivity index (χ1) is 7.77. The van der Waals surface area contributed by atoms with Gasteiger partial charge >= 0.3 is 6.18 Å². The summed E-state index contributed by atoms with van der Waals surface area (Å²) >= 11 is 0. The zero-order chi connectivity index (χ0) is 13.2. The largest absolute Gasteiger partial charge is 0.496 e. The molecule has 0 unspecified atom stereocenters. The Bertz CT molecular complexity index is 394. The zero-order valence-electron chi connectivity index (χ0n) is 8.83. The first-order valence-electron chi connectivity index (χ1n) is 4.61. The second-order valence-corrected chi connectivity index (χ2v) is 3.40. The molecule has 0 aliphatic rings. The van der Waals surface area contributed by atoms with Crippen LogP contribution in [0.4, 0.5) is 17.6 Å². The minimum absolute atomic E-state index is 0.112. The fourth-order valence-electron chi connectivity index (χ4n) is 1.33. The second-order valence-electron chi connectivity index (χ2n) is 3.40. The van der Waals surface area contributed by atoms with Crippen molar-refractivity contribution in [3.8, 4) is 5.75 Å². The van der Waals surface area contributed by atoms with Crippen molar-refractivity contribution in [2.75, 3.05) is 7.11 Å². The summed E-state index contributed by atoms with van der Waals surface area (Å²) in [5.41, 5.74) is 5.17. The minimum atomic E-state index is -4.85. The van der Waals surface area contributed by atoms with Gasteiger partial charge in [-0.05, 0) is 6.07 Å². The smallest absolute Gasteiger partial charge is 0.416 e. The van der Waals surface area contributed by atoms with Gasteiger partial charge in [-0.25, -0.2) is 4.39 Å². The lowest BCUT2D eigenvalue weighted by molar-refractivity contribution is -0.210. The molecule has 3 nitrogen and oxygen atoms in total. The van der Waals surface area contributed by atoms with E-state index in [1.165, 1.54) is 7.11 Å². The van der Waals surface area contributed by atoms with E-state index in [-0.39, 0.29) is 11.3 Å². The lowest BCUT2D eigenvalue weighted by Crippen LogP contribution is -2.39. The van der Waals surface area contributed by atoms with Gasteiger partial charge in [-0.3, -0.25) is 0 Å². The van der Waals surface area contributed by atoms with Gasteiger partial charge < -0.3 is 15.6 Å². The van der Waals surface area contributed by atoms with Gasteiger partial charge in [0.2, 0.25) is 0 Å². The third kappa shape index (κ3) is 3.07. The van der Waals surface area contributed by atoms with Gasteiger partial charge in [-0.1, -0.05) is 6.07 Å². The van der Waals surface area contributed by atoms with Gasteiger partial charge in [0.1, 0.15) is 11.6 Å². The highest BCUT2D eigenvalue weighted by Crippen LogP contribution is 2.33. The van der Waals surface area contributed by atoms with Crippen LogP contribution >= 0.6 is 0 Å². The molecule has 2 atom stereocenters. The molecule has 7 heteroatoms. The number of ether oxygens (including phenoxy) is 1. The van der Waals surface area contributed by atoms with Crippen molar-refractivity contribution in [3.63, 3.8) is 0 Å². The number of halogens is 4. The number of alkyl halides is 3. The Balaban J connectivity index is 3.08. The van der Waals surface area contributed by atoms with Crippen LogP contribution in [0.15, 0.2) is 18.2 Å². The molecule has 0 aliphatic carbocycles. The zero-order valence-corrected chi connectivity index (χ0v) is 8.83. The summed E-state index contributed by atoms with van der Waals surface area (Å²) in [5.74, 6) is -0.805. The molecular formula is C10H11F4NO2. The number of aliphatic hydroxyl groups is 1. The summed E-state index contributed by atoms with van der Waals surface area (Å²) in [6, 6.07) is 1.16. The molecule has 17 heavy (non-hydrogen) atoms. The van der Waals surface area contributed by atoms with Crippen LogP contribution in [0.5, 0.6) is 5.75 Å². The Labute approximate surface area is 94.8 Å². The SMILES string of the molecule is COc1cc(F)ccc1[C@@H](N)[C@@H](O)C(F)(F)F. The van der Waals surface area contributed by atoms with Gasteiger partial charge in [-0.2, -0.15) is 13.2 Å². The average molecular weight is 253 g/mol. The molecular weight excluding hydrogens is 242 g/mol. The van der Waals surface area contributed by atoms with Crippen LogP contribution in [0.25, 0.3) is 0 Å². The van der Waals surface area contributed by atoms with Crippen LogP contribution in [-0.2, 0) is 0 Å². The van der Waals surface area contributed by atoms with E-state index >= 15 is 0 Å². The molecule has 0 bridgehead atoms. The number of nitrogens with two attached hydrogens (primary N) is 1. The molecule has 1 aromatic carbocycles. The van der Waals surface area contributed by atoms with Gasteiger partial charge in [-0.15, -0.1) is 0 Å². The number of rotatable bonds is 3. The lowest BCUT2D eigenvalue weighted by Gasteiger charge is -2.23. The Morgan fingerprint density at radius 1 is 1.35 bits per heavy atom. The van der Waals surface area contributed by atoms with Crippen LogP contribution in [0.3, 0.4) is 0 Å². The molecule has 96 valence electrons. The molecule has 1 aromatic rings. The van der Waals surface area contributed by atoms with Crippen molar-refractivity contribution in [1.29, 1.82) is 0 Å². The van der Waals surface area contributed by atoms with E-state index in [4.69, 9.17) is 15.6 Å². The highest BCUT2D eigenvalue weighted by atomic mass is 19.4. The number of methoxy groups -OCH3 is 1. The standard InChI is InChI=1S/C10H11F4NO2/c1-17-7-4-5(11)2-3-6(7)8(15)9(16)10(12,13)14/h2-4,8-9,16H,15H2,1H3/t8-,9-/m1/s1. The van der Waals surface area contributed by atoms with Gasteiger partial charge in [0.05, 0.1) is 13.2 Å². The monoisotopic (exact) mass is 253 g/mol. The van der Waals surface area contributed by atoms with Gasteiger partial charge in [0.25, 0.3) is 0 Å². The Kier molecular flexibility index (Phi) is 3.94. The van der Waals surface area contributed by atoms with E-state index in [1.54, 1.807) is 0 Å². The summed E-state index contributed by atoms with van der Waals surface area (Å²) in [6.07, 6.45) is -7.58. The Morgan fingerprint density at radius 2 is 1.94 bits per heavy atom. The number of aliphatic hydroxyl groups excluding tert-OH is 1. The van der Waals surface area contributed by atoms with E-state index in [2.05, 4.69) is 0 Å². The fraction of sp³-hybridized carbons (Fsp3) is 0.400. The highest BCUT2D eigenvalue weighted by Gasteiger charge is 2.43. The maximum absolute atomic E-state index is 12.8. The van der Waals surface area contributed by atoms with Gasteiger partial charge in [0, 0.05) is 11.6 Å². The normalized spacial score (nSPS) is 15.5. The molecule has 0 amide bonds. The molecule has 0 saturated carbocycles. The van der Waals surface area contributed by atoms with Crippen LogP contribution in [0, 0.1) is 5.82 Å². The highest BCUT2D eigenvalue weighted by molar-refractivity contribution is 5.37. The van der Waals surface area contributed by atoms with E-state index in [1.807, 2.05) is 0 Å². The quantitative estimate of drug-likeness (QED) is 0.807. The van der Waals surface area contributed by atoms with Crippen molar-refractivity contribution in [2.24, 2.45) is 5.73 Å². The molecule has 0 spiro atoms. The topological polar surface area (TPSA) is 55.5 Å². The molecule has 0 heterocycles. The molecule has 0 fully saturated rings. The van der Waals surface area contributed by atoms with Crippen molar-refractivity contribution in [3.05, 3.63) is 29.6 Å². The van der Waals surface area contributed by atoms with Crippen LogP contribution in [0.2, 0.25) is 0 Å². The number of benzene rings is 1. The second kappa shape index (κ2) is 4.89. The first kappa shape index (κ1) is 13.7. The maximum atomic E-state index is 12.8. The number of hydrogen-bond acceptors (Lipinski definition) is 3. The van der Waals surface area contributed by atoms with Crippen molar-refractivity contribution >= 4 is 0 Å². The lowest BCUT2D eigenvalue weighted by atomic mass is 10.0. The Morgan fingerprint density at radius 3 is 2.41 bits per heavy atom. The van der Waals surface area contributed by atoms with Crippen molar-refractivity contribution in [1.82, 2.24) is 0 Å². The van der Waals surface area contributed by atoms with E-state index in [0.29, 0.717) is 0 Å². The van der Waals surface area contributed by atoms with E-state index in [9.17, 15) is 17.6 Å². The molecule has 0 saturated heterocycles. The molecule has 0 aliphatic heterocycles. The predicted octanol–water partition coefficient (Wildman–Crippen LogP) is 1.76. The van der Waals surface area contributed by atoms with E-state index < -0.39 is 24.1 Å². The van der Waals surface area contributed by atoms with Crippen LogP contribution in [0.1, 0.15) is 11.6 Å². The molecule has 1 rings (SSSR count). The summed E-state index contributed by atoms with van der Waals surface area (Å²) in [5, 5.41) is 9.00. The van der Waals surface area contributed by atoms with Crippen molar-refractivity contribution in [2.45, 2.75) is 18.3 Å². The van der Waals surface area contributed by atoms with Gasteiger partial charge in [0.15, 0.2) is 6.10 Å². The van der Waals surface area contributed by atoms with Crippen molar-refractivity contribution < 1.29 is 27.4 Å². The Hall–Kier alpha value is -1.34. The summed E-state index contributed by atoms with van der Waals surface area (Å²) in [6.45, 7) is 0. The minimum Gasteiger partial charge on any atom is -0.496 e. The predicted molar refractivity (Wildman–Crippen MR) is 51.9 cm³/mol. The molecule has 0 radical (unpaired) electrons. The molecule has 0 aromatic heterocycles. The third-order valence-electron chi connectivity index (χ3n) is 2.23.